The minimum absolute atomic E-state index is 0.206. The van der Waals surface area contributed by atoms with E-state index in [1.54, 1.807) is 12.3 Å². The van der Waals surface area contributed by atoms with E-state index in [-0.39, 0.29) is 6.04 Å². The van der Waals surface area contributed by atoms with Gasteiger partial charge in [0.25, 0.3) is 0 Å². The molecular weight excluding hydrogens is 312 g/mol. The summed E-state index contributed by atoms with van der Waals surface area (Å²) >= 11 is 0. The zero-order valence-electron chi connectivity index (χ0n) is 14.1. The van der Waals surface area contributed by atoms with Crippen LogP contribution in [-0.2, 0) is 6.42 Å². The lowest BCUT2D eigenvalue weighted by molar-refractivity contribution is 0.471. The fraction of sp³-hybridized carbons (Fsp3) is 0.190. The Morgan fingerprint density at radius 1 is 1.12 bits per heavy atom. The zero-order valence-corrected chi connectivity index (χ0v) is 14.1. The van der Waals surface area contributed by atoms with Crippen molar-refractivity contribution in [3.05, 3.63) is 83.8 Å². The number of para-hydroxylation sites is 1. The van der Waals surface area contributed by atoms with E-state index in [9.17, 15) is 5.11 Å². The van der Waals surface area contributed by atoms with Crippen LogP contribution < -0.4 is 5.01 Å². The summed E-state index contributed by atoms with van der Waals surface area (Å²) in [7, 11) is 0. The Morgan fingerprint density at radius 3 is 2.68 bits per heavy atom. The Hall–Kier alpha value is -3.01. The van der Waals surface area contributed by atoms with Crippen molar-refractivity contribution < 1.29 is 9.52 Å². The van der Waals surface area contributed by atoms with Gasteiger partial charge in [0.1, 0.15) is 11.5 Å². The van der Waals surface area contributed by atoms with Crippen LogP contribution in [0.4, 0.5) is 5.69 Å². The molecule has 1 atom stereocenters. The number of rotatable bonds is 4. The predicted molar refractivity (Wildman–Crippen MR) is 99.1 cm³/mol. The highest BCUT2D eigenvalue weighted by Crippen LogP contribution is 2.30. The molecule has 4 rings (SSSR count). The second kappa shape index (κ2) is 6.48. The molecule has 1 N–H and O–H groups in total. The molecule has 1 aliphatic heterocycles. The number of anilines is 1. The molecule has 1 aromatic heterocycles. The molecule has 0 aliphatic carbocycles. The van der Waals surface area contributed by atoms with Gasteiger partial charge < -0.3 is 9.52 Å². The van der Waals surface area contributed by atoms with Gasteiger partial charge in [-0.05, 0) is 60.5 Å². The molecule has 0 saturated carbocycles. The summed E-state index contributed by atoms with van der Waals surface area (Å²) in [6.07, 6.45) is 3.34. The number of benzene rings is 2. The third-order valence-corrected chi connectivity index (χ3v) is 4.57. The lowest BCUT2D eigenvalue weighted by Crippen LogP contribution is -2.28. The molecular formula is C21H20N2O2. The van der Waals surface area contributed by atoms with Crippen LogP contribution in [0.1, 0.15) is 23.3 Å². The van der Waals surface area contributed by atoms with Gasteiger partial charge in [0, 0.05) is 12.8 Å². The summed E-state index contributed by atoms with van der Waals surface area (Å²) in [5.74, 6) is 1.28. The van der Waals surface area contributed by atoms with Crippen molar-refractivity contribution in [3.8, 4) is 5.75 Å². The van der Waals surface area contributed by atoms with Crippen LogP contribution in [0.25, 0.3) is 0 Å². The quantitative estimate of drug-likeness (QED) is 0.764. The van der Waals surface area contributed by atoms with Crippen molar-refractivity contribution >= 4 is 11.4 Å². The Bertz CT molecular complexity index is 886. The van der Waals surface area contributed by atoms with E-state index in [0.717, 1.165) is 41.1 Å². The molecule has 2 aromatic carbocycles. The van der Waals surface area contributed by atoms with Crippen molar-refractivity contribution in [3.63, 3.8) is 0 Å². The second-order valence-corrected chi connectivity index (χ2v) is 6.37. The van der Waals surface area contributed by atoms with E-state index in [2.05, 4.69) is 17.1 Å². The average molecular weight is 332 g/mol. The van der Waals surface area contributed by atoms with Gasteiger partial charge in [0.2, 0.25) is 0 Å². The van der Waals surface area contributed by atoms with Gasteiger partial charge in [0.05, 0.1) is 23.7 Å². The first kappa shape index (κ1) is 15.5. The van der Waals surface area contributed by atoms with E-state index < -0.39 is 0 Å². The number of nitrogens with zero attached hydrogens (tertiary/aromatic N) is 2. The first-order valence-electron chi connectivity index (χ1n) is 8.45. The number of furan rings is 1. The summed E-state index contributed by atoms with van der Waals surface area (Å²) in [6.45, 7) is 1.91. The number of hydrogen-bond acceptors (Lipinski definition) is 4. The van der Waals surface area contributed by atoms with E-state index in [0.29, 0.717) is 5.75 Å². The molecule has 0 amide bonds. The molecule has 2 heterocycles. The average Bonchev–Trinajstić information content (AvgIpc) is 3.28. The highest BCUT2D eigenvalue weighted by Gasteiger charge is 2.29. The summed E-state index contributed by atoms with van der Waals surface area (Å²) in [5, 5.41) is 16.7. The molecule has 4 nitrogen and oxygen atoms in total. The Morgan fingerprint density at radius 2 is 1.96 bits per heavy atom. The van der Waals surface area contributed by atoms with Gasteiger partial charge in [0.15, 0.2) is 0 Å². The third-order valence-electron chi connectivity index (χ3n) is 4.57. The van der Waals surface area contributed by atoms with Crippen LogP contribution in [0.2, 0.25) is 0 Å². The largest absolute Gasteiger partial charge is 0.508 e. The van der Waals surface area contributed by atoms with Crippen molar-refractivity contribution in [2.24, 2.45) is 5.10 Å². The maximum atomic E-state index is 9.78. The molecule has 0 radical (unpaired) electrons. The lowest BCUT2D eigenvalue weighted by Gasteiger charge is -2.22. The highest BCUT2D eigenvalue weighted by atomic mass is 16.3. The molecule has 0 fully saturated rings. The SMILES string of the molecule is Cc1cc(C2=NN(c3ccccc3)C(Cc3ccco3)C2)ccc1O. The van der Waals surface area contributed by atoms with Gasteiger partial charge in [-0.25, -0.2) is 0 Å². The van der Waals surface area contributed by atoms with Gasteiger partial charge in [-0.3, -0.25) is 5.01 Å². The number of hydrogen-bond donors (Lipinski definition) is 1. The molecule has 1 aliphatic rings. The number of phenolic OH excluding ortho intramolecular Hbond substituents is 1. The number of hydrazone groups is 1. The standard InChI is InChI=1S/C21H20N2O2/c1-15-12-16(9-10-21(15)24)20-14-18(13-19-8-5-11-25-19)23(22-20)17-6-3-2-4-7-17/h2-12,18,24H,13-14H2,1H3. The van der Waals surface area contributed by atoms with Gasteiger partial charge >= 0.3 is 0 Å². The van der Waals surface area contributed by atoms with Crippen LogP contribution in [0.5, 0.6) is 5.75 Å². The van der Waals surface area contributed by atoms with E-state index in [1.165, 1.54) is 0 Å². The van der Waals surface area contributed by atoms with E-state index >= 15 is 0 Å². The van der Waals surface area contributed by atoms with E-state index in [4.69, 9.17) is 9.52 Å². The summed E-state index contributed by atoms with van der Waals surface area (Å²) in [6, 6.07) is 20.0. The molecule has 0 bridgehead atoms. The molecule has 0 saturated heterocycles. The molecule has 25 heavy (non-hydrogen) atoms. The molecule has 0 spiro atoms. The smallest absolute Gasteiger partial charge is 0.118 e. The van der Waals surface area contributed by atoms with Crippen molar-refractivity contribution in [2.75, 3.05) is 5.01 Å². The van der Waals surface area contributed by atoms with Crippen LogP contribution in [0, 0.1) is 6.92 Å². The Kier molecular flexibility index (Phi) is 4.02. The molecule has 3 aromatic rings. The van der Waals surface area contributed by atoms with Gasteiger partial charge in [-0.1, -0.05) is 18.2 Å². The Balaban J connectivity index is 1.67. The van der Waals surface area contributed by atoms with E-state index in [1.807, 2.05) is 49.4 Å². The minimum atomic E-state index is 0.206. The van der Waals surface area contributed by atoms with Crippen molar-refractivity contribution in [1.29, 1.82) is 0 Å². The summed E-state index contributed by atoms with van der Waals surface area (Å²) in [5.41, 5.74) is 4.02. The minimum Gasteiger partial charge on any atom is -0.508 e. The first-order valence-corrected chi connectivity index (χ1v) is 8.45. The molecule has 4 heteroatoms. The van der Waals surface area contributed by atoms with Crippen LogP contribution in [0.15, 0.2) is 76.4 Å². The number of phenols is 1. The Labute approximate surface area is 147 Å². The van der Waals surface area contributed by atoms with Crippen molar-refractivity contribution in [2.45, 2.75) is 25.8 Å². The number of aryl methyl sites for hydroxylation is 1. The number of aromatic hydroxyl groups is 1. The van der Waals surface area contributed by atoms with Crippen LogP contribution >= 0.6 is 0 Å². The monoisotopic (exact) mass is 332 g/mol. The van der Waals surface area contributed by atoms with Crippen LogP contribution in [0.3, 0.4) is 0 Å². The fourth-order valence-electron chi connectivity index (χ4n) is 3.24. The normalized spacial score (nSPS) is 16.9. The maximum absolute atomic E-state index is 9.78. The molecule has 1 unspecified atom stereocenters. The van der Waals surface area contributed by atoms with Crippen molar-refractivity contribution in [1.82, 2.24) is 0 Å². The predicted octanol–water partition coefficient (Wildman–Crippen LogP) is 4.52. The molecule has 126 valence electrons. The topological polar surface area (TPSA) is 49.0 Å². The maximum Gasteiger partial charge on any atom is 0.118 e. The third kappa shape index (κ3) is 3.15. The fourth-order valence-corrected chi connectivity index (χ4v) is 3.24. The highest BCUT2D eigenvalue weighted by molar-refractivity contribution is 6.03. The van der Waals surface area contributed by atoms with Gasteiger partial charge in [-0.2, -0.15) is 5.10 Å². The second-order valence-electron chi connectivity index (χ2n) is 6.37. The zero-order chi connectivity index (χ0) is 17.2. The summed E-state index contributed by atoms with van der Waals surface area (Å²) < 4.78 is 5.54. The van der Waals surface area contributed by atoms with Gasteiger partial charge in [-0.15, -0.1) is 0 Å². The lowest BCUT2D eigenvalue weighted by atomic mass is 9.99. The first-order chi connectivity index (χ1) is 12.2. The van der Waals surface area contributed by atoms with Crippen LogP contribution in [-0.4, -0.2) is 16.9 Å². The summed E-state index contributed by atoms with van der Waals surface area (Å²) in [4.78, 5) is 0.